The summed E-state index contributed by atoms with van der Waals surface area (Å²) in [6, 6.07) is 6.24. The van der Waals surface area contributed by atoms with Crippen LogP contribution in [0.1, 0.15) is 21.5 Å². The van der Waals surface area contributed by atoms with E-state index in [-0.39, 0.29) is 15.8 Å². The number of benzene rings is 1. The number of hydrogen-bond donors (Lipinski definition) is 0. The normalized spacial score (nSPS) is 11.4. The van der Waals surface area contributed by atoms with Crippen molar-refractivity contribution in [2.24, 2.45) is 0 Å². The minimum Gasteiger partial charge on any atom is -0.289 e. The number of pyridine rings is 1. The summed E-state index contributed by atoms with van der Waals surface area (Å²) in [6.07, 6.45) is -1.55. The second-order valence-corrected chi connectivity index (χ2v) is 4.61. The lowest BCUT2D eigenvalue weighted by Crippen LogP contribution is -2.08. The van der Waals surface area contributed by atoms with Gasteiger partial charge in [0.05, 0.1) is 5.56 Å². The summed E-state index contributed by atoms with van der Waals surface area (Å²) >= 11 is 2.84. The predicted octanol–water partition coefficient (Wildman–Crippen LogP) is 4.09. The summed E-state index contributed by atoms with van der Waals surface area (Å²) in [7, 11) is 0. The molecule has 0 atom stereocenters. The molecule has 2 nitrogen and oxygen atoms in total. The van der Waals surface area contributed by atoms with E-state index in [4.69, 9.17) is 0 Å². The molecule has 0 spiro atoms. The molecular formula is C13H7BrF3NO. The van der Waals surface area contributed by atoms with Crippen LogP contribution in [0.15, 0.2) is 47.2 Å². The number of carbonyl (C=O) groups excluding carboxylic acids is 1. The Morgan fingerprint density at radius 2 is 1.68 bits per heavy atom. The highest BCUT2D eigenvalue weighted by molar-refractivity contribution is 9.10. The van der Waals surface area contributed by atoms with Gasteiger partial charge in [-0.05, 0) is 24.3 Å². The van der Waals surface area contributed by atoms with Crippen LogP contribution in [0.5, 0.6) is 0 Å². The summed E-state index contributed by atoms with van der Waals surface area (Å²) < 4.78 is 37.6. The van der Waals surface area contributed by atoms with E-state index in [1.54, 1.807) is 0 Å². The number of alkyl halides is 3. The molecule has 0 aliphatic heterocycles. The summed E-state index contributed by atoms with van der Waals surface area (Å²) in [5.41, 5.74) is -0.244. The van der Waals surface area contributed by atoms with Crippen LogP contribution in [0, 0.1) is 0 Å². The van der Waals surface area contributed by atoms with Crippen LogP contribution < -0.4 is 0 Å². The lowest BCUT2D eigenvalue weighted by Gasteiger charge is -2.10. The molecule has 6 heteroatoms. The molecule has 0 amide bonds. The van der Waals surface area contributed by atoms with Gasteiger partial charge in [-0.3, -0.25) is 9.78 Å². The first-order valence-electron chi connectivity index (χ1n) is 5.21. The molecule has 1 heterocycles. The lowest BCUT2D eigenvalue weighted by molar-refractivity contribution is -0.138. The molecule has 0 unspecified atom stereocenters. The fourth-order valence-corrected chi connectivity index (χ4v) is 2.16. The molecule has 0 aliphatic rings. The molecule has 2 rings (SSSR count). The Morgan fingerprint density at radius 1 is 1.05 bits per heavy atom. The molecule has 1 aromatic heterocycles. The van der Waals surface area contributed by atoms with E-state index in [2.05, 4.69) is 20.9 Å². The van der Waals surface area contributed by atoms with Crippen molar-refractivity contribution in [3.63, 3.8) is 0 Å². The van der Waals surface area contributed by atoms with Crippen molar-refractivity contribution in [3.8, 4) is 0 Å². The fraction of sp³-hybridized carbons (Fsp3) is 0.0769. The van der Waals surface area contributed by atoms with Gasteiger partial charge in [-0.25, -0.2) is 0 Å². The Hall–Kier alpha value is -1.69. The van der Waals surface area contributed by atoms with Crippen molar-refractivity contribution in [1.82, 2.24) is 4.98 Å². The highest BCUT2D eigenvalue weighted by atomic mass is 79.9. The van der Waals surface area contributed by atoms with E-state index in [0.717, 1.165) is 12.1 Å². The molecular weight excluding hydrogens is 323 g/mol. The van der Waals surface area contributed by atoms with Gasteiger partial charge in [0.15, 0.2) is 5.78 Å². The lowest BCUT2D eigenvalue weighted by atomic mass is 10.0. The SMILES string of the molecule is O=C(c1ccncc1)c1ccc(C(F)(F)F)c(Br)c1. The van der Waals surface area contributed by atoms with Gasteiger partial charge < -0.3 is 0 Å². The van der Waals surface area contributed by atoms with Crippen molar-refractivity contribution in [2.45, 2.75) is 6.18 Å². The summed E-state index contributed by atoms with van der Waals surface area (Å²) in [5, 5.41) is 0. The number of aromatic nitrogens is 1. The maximum atomic E-state index is 12.6. The Labute approximate surface area is 115 Å². The smallest absolute Gasteiger partial charge is 0.289 e. The third-order valence-electron chi connectivity index (χ3n) is 2.48. The van der Waals surface area contributed by atoms with Crippen LogP contribution >= 0.6 is 15.9 Å². The standard InChI is InChI=1S/C13H7BrF3NO/c14-11-7-9(1-2-10(11)13(15,16)17)12(19)8-3-5-18-6-4-8/h1-7H. The zero-order valence-electron chi connectivity index (χ0n) is 9.41. The van der Waals surface area contributed by atoms with Crippen LogP contribution in [0.2, 0.25) is 0 Å². The zero-order chi connectivity index (χ0) is 14.0. The molecule has 0 fully saturated rings. The number of rotatable bonds is 2. The largest absolute Gasteiger partial charge is 0.417 e. The molecule has 98 valence electrons. The fourth-order valence-electron chi connectivity index (χ4n) is 1.56. The highest BCUT2D eigenvalue weighted by Gasteiger charge is 2.33. The van der Waals surface area contributed by atoms with Crippen LogP contribution in [0.4, 0.5) is 13.2 Å². The topological polar surface area (TPSA) is 30.0 Å². The van der Waals surface area contributed by atoms with Crippen molar-refractivity contribution >= 4 is 21.7 Å². The molecule has 1 aromatic carbocycles. The molecule has 19 heavy (non-hydrogen) atoms. The van der Waals surface area contributed by atoms with Crippen LogP contribution in [0.25, 0.3) is 0 Å². The summed E-state index contributed by atoms with van der Waals surface area (Å²) in [5.74, 6) is -0.350. The minimum absolute atomic E-state index is 0.153. The average molecular weight is 330 g/mol. The predicted molar refractivity (Wildman–Crippen MR) is 66.8 cm³/mol. The third-order valence-corrected chi connectivity index (χ3v) is 3.14. The van der Waals surface area contributed by atoms with E-state index in [0.29, 0.717) is 5.56 Å². The third kappa shape index (κ3) is 3.01. The molecule has 0 saturated carbocycles. The van der Waals surface area contributed by atoms with Crippen molar-refractivity contribution in [3.05, 3.63) is 63.9 Å². The number of hydrogen-bond acceptors (Lipinski definition) is 2. The maximum absolute atomic E-state index is 12.6. The zero-order valence-corrected chi connectivity index (χ0v) is 11.0. The molecule has 0 N–H and O–H groups in total. The van der Waals surface area contributed by atoms with Crippen molar-refractivity contribution in [1.29, 1.82) is 0 Å². The Kier molecular flexibility index (Phi) is 3.71. The first kappa shape index (κ1) is 13.7. The summed E-state index contributed by atoms with van der Waals surface area (Å²) in [6.45, 7) is 0. The summed E-state index contributed by atoms with van der Waals surface area (Å²) in [4.78, 5) is 15.8. The van der Waals surface area contributed by atoms with Gasteiger partial charge in [-0.15, -0.1) is 0 Å². The van der Waals surface area contributed by atoms with Crippen LogP contribution in [0.3, 0.4) is 0 Å². The first-order valence-corrected chi connectivity index (χ1v) is 6.00. The molecule has 0 bridgehead atoms. The number of halogens is 4. The van der Waals surface area contributed by atoms with E-state index >= 15 is 0 Å². The molecule has 0 saturated heterocycles. The van der Waals surface area contributed by atoms with E-state index in [1.807, 2.05) is 0 Å². The Bertz CT molecular complexity index is 611. The van der Waals surface area contributed by atoms with Gasteiger partial charge in [0.25, 0.3) is 0 Å². The quantitative estimate of drug-likeness (QED) is 0.776. The highest BCUT2D eigenvalue weighted by Crippen LogP contribution is 2.35. The van der Waals surface area contributed by atoms with Crippen LogP contribution in [-0.2, 0) is 6.18 Å². The van der Waals surface area contributed by atoms with E-state index in [9.17, 15) is 18.0 Å². The van der Waals surface area contributed by atoms with Crippen molar-refractivity contribution < 1.29 is 18.0 Å². The first-order chi connectivity index (χ1) is 8.89. The second kappa shape index (κ2) is 5.13. The van der Waals surface area contributed by atoms with Gasteiger partial charge >= 0.3 is 6.18 Å². The average Bonchev–Trinajstić information content (AvgIpc) is 2.37. The number of ketones is 1. The van der Waals surface area contributed by atoms with Crippen molar-refractivity contribution in [2.75, 3.05) is 0 Å². The Balaban J connectivity index is 2.38. The minimum atomic E-state index is -4.45. The van der Waals surface area contributed by atoms with Crippen LogP contribution in [-0.4, -0.2) is 10.8 Å². The van der Waals surface area contributed by atoms with E-state index in [1.165, 1.54) is 30.6 Å². The molecule has 0 radical (unpaired) electrons. The number of nitrogens with zero attached hydrogens (tertiary/aromatic N) is 1. The van der Waals surface area contributed by atoms with Gasteiger partial charge in [-0.1, -0.05) is 22.0 Å². The monoisotopic (exact) mass is 329 g/mol. The van der Waals surface area contributed by atoms with Gasteiger partial charge in [-0.2, -0.15) is 13.2 Å². The maximum Gasteiger partial charge on any atom is 0.417 e. The van der Waals surface area contributed by atoms with Gasteiger partial charge in [0.2, 0.25) is 0 Å². The van der Waals surface area contributed by atoms with Gasteiger partial charge in [0.1, 0.15) is 0 Å². The molecule has 2 aromatic rings. The van der Waals surface area contributed by atoms with E-state index < -0.39 is 11.7 Å². The number of carbonyl (C=O) groups is 1. The second-order valence-electron chi connectivity index (χ2n) is 3.76. The molecule has 0 aliphatic carbocycles. The Morgan fingerprint density at radius 3 is 2.21 bits per heavy atom. The van der Waals surface area contributed by atoms with Gasteiger partial charge in [0, 0.05) is 28.0 Å².